The van der Waals surface area contributed by atoms with Crippen LogP contribution in [-0.2, 0) is 22.4 Å². The number of hydrogen-bond donors (Lipinski definition) is 2. The fraction of sp³-hybridized carbons (Fsp3) is 0.261. The van der Waals surface area contributed by atoms with Gasteiger partial charge in [-0.15, -0.1) is 0 Å². The van der Waals surface area contributed by atoms with E-state index in [4.69, 9.17) is 11.7 Å². The van der Waals surface area contributed by atoms with Crippen LogP contribution in [0.25, 0.3) is 10.4 Å². The van der Waals surface area contributed by atoms with Gasteiger partial charge in [0.2, 0.25) is 5.91 Å². The van der Waals surface area contributed by atoms with Gasteiger partial charge in [-0.25, -0.2) is 4.85 Å². The van der Waals surface area contributed by atoms with Crippen molar-refractivity contribution in [3.05, 3.63) is 76.6 Å². The van der Waals surface area contributed by atoms with Crippen molar-refractivity contribution >= 4 is 28.8 Å². The Labute approximate surface area is 164 Å². The molecule has 0 fully saturated rings. The van der Waals surface area contributed by atoms with Crippen LogP contribution in [0.1, 0.15) is 36.5 Å². The molecule has 0 saturated carbocycles. The van der Waals surface area contributed by atoms with Crippen molar-refractivity contribution in [2.24, 2.45) is 5.92 Å². The molecule has 1 unspecified atom stereocenters. The summed E-state index contributed by atoms with van der Waals surface area (Å²) in [6, 6.07) is 13.2. The second-order valence-electron chi connectivity index (χ2n) is 6.93. The summed E-state index contributed by atoms with van der Waals surface area (Å²) in [5, 5.41) is 11.8. The third kappa shape index (κ3) is 4.29. The van der Waals surface area contributed by atoms with Crippen molar-refractivity contribution in [1.82, 2.24) is 0 Å². The number of aliphatic carboxylic acids is 1. The summed E-state index contributed by atoms with van der Waals surface area (Å²) in [6.07, 6.45) is 4.00. The Bertz CT molecular complexity index is 986. The number of carboxylic acid groups (broad SMARTS) is 1. The Kier molecular flexibility index (Phi) is 5.90. The maximum Gasteiger partial charge on any atom is 0.303 e. The summed E-state index contributed by atoms with van der Waals surface area (Å²) in [4.78, 5) is 27.1. The monoisotopic (exact) mass is 374 g/mol. The van der Waals surface area contributed by atoms with Crippen molar-refractivity contribution in [2.45, 2.75) is 32.6 Å². The van der Waals surface area contributed by atoms with E-state index in [1.54, 1.807) is 18.2 Å². The normalized spacial score (nSPS) is 13.2. The summed E-state index contributed by atoms with van der Waals surface area (Å²) in [5.41, 5.74) is 5.22. The third-order valence-electron chi connectivity index (χ3n) is 5.05. The van der Waals surface area contributed by atoms with Crippen molar-refractivity contribution in [3.8, 4) is 0 Å². The SMILES string of the molecule is [C-]#[N+]c1ccc(CCCC(=O)O)c(NC(=O)C(C)C2=CCc3ccccc32)c1. The Morgan fingerprint density at radius 3 is 2.79 bits per heavy atom. The van der Waals surface area contributed by atoms with E-state index >= 15 is 0 Å². The molecule has 28 heavy (non-hydrogen) atoms. The zero-order chi connectivity index (χ0) is 20.1. The summed E-state index contributed by atoms with van der Waals surface area (Å²) in [5.74, 6) is -1.31. The predicted octanol–water partition coefficient (Wildman–Crippen LogP) is 4.86. The van der Waals surface area contributed by atoms with Gasteiger partial charge in [-0.05, 0) is 54.5 Å². The minimum absolute atomic E-state index is 0.0675. The highest BCUT2D eigenvalue weighted by Crippen LogP contribution is 2.34. The summed E-state index contributed by atoms with van der Waals surface area (Å²) in [6.45, 7) is 9.10. The molecule has 0 spiro atoms. The lowest BCUT2D eigenvalue weighted by Crippen LogP contribution is -2.22. The molecular formula is C23H22N2O3. The number of nitrogens with zero attached hydrogens (tertiary/aromatic N) is 1. The molecule has 3 rings (SSSR count). The highest BCUT2D eigenvalue weighted by molar-refractivity contribution is 6.01. The van der Waals surface area contributed by atoms with E-state index in [-0.39, 0.29) is 18.2 Å². The number of carboxylic acids is 1. The Balaban J connectivity index is 1.77. The summed E-state index contributed by atoms with van der Waals surface area (Å²) < 4.78 is 0. The van der Waals surface area contributed by atoms with Gasteiger partial charge in [0.05, 0.1) is 12.5 Å². The van der Waals surface area contributed by atoms with Gasteiger partial charge in [0.25, 0.3) is 0 Å². The predicted molar refractivity (Wildman–Crippen MR) is 109 cm³/mol. The molecule has 0 aromatic heterocycles. The van der Waals surface area contributed by atoms with E-state index in [2.05, 4.69) is 22.3 Å². The van der Waals surface area contributed by atoms with Crippen LogP contribution in [0.5, 0.6) is 0 Å². The number of anilines is 1. The van der Waals surface area contributed by atoms with Gasteiger partial charge in [-0.3, -0.25) is 9.59 Å². The topological polar surface area (TPSA) is 70.8 Å². The van der Waals surface area contributed by atoms with Crippen molar-refractivity contribution in [2.75, 3.05) is 5.32 Å². The largest absolute Gasteiger partial charge is 0.481 e. The molecule has 2 aromatic rings. The molecule has 1 aliphatic rings. The number of carbonyl (C=O) groups excluding carboxylic acids is 1. The molecule has 2 N–H and O–H groups in total. The van der Waals surface area contributed by atoms with Crippen molar-refractivity contribution in [1.29, 1.82) is 0 Å². The van der Waals surface area contributed by atoms with Crippen LogP contribution in [0.2, 0.25) is 0 Å². The maximum atomic E-state index is 12.9. The first-order valence-electron chi connectivity index (χ1n) is 9.31. The average Bonchev–Trinajstić information content (AvgIpc) is 3.12. The average molecular weight is 374 g/mol. The number of allylic oxidation sites excluding steroid dienone is 1. The van der Waals surface area contributed by atoms with E-state index in [1.807, 2.05) is 25.1 Å². The van der Waals surface area contributed by atoms with Gasteiger partial charge in [0, 0.05) is 12.1 Å². The molecule has 1 aliphatic carbocycles. The first kappa shape index (κ1) is 19.4. The van der Waals surface area contributed by atoms with Gasteiger partial charge in [-0.1, -0.05) is 42.5 Å². The van der Waals surface area contributed by atoms with E-state index in [9.17, 15) is 9.59 Å². The fourth-order valence-electron chi connectivity index (χ4n) is 3.50. The van der Waals surface area contributed by atoms with Crippen LogP contribution < -0.4 is 5.32 Å². The van der Waals surface area contributed by atoms with Gasteiger partial charge in [0.1, 0.15) is 0 Å². The summed E-state index contributed by atoms with van der Waals surface area (Å²) >= 11 is 0. The molecule has 0 bridgehead atoms. The van der Waals surface area contributed by atoms with Crippen LogP contribution in [0.15, 0.2) is 48.5 Å². The number of rotatable bonds is 7. The smallest absolute Gasteiger partial charge is 0.303 e. The van der Waals surface area contributed by atoms with Gasteiger partial charge >= 0.3 is 5.97 Å². The molecule has 1 amide bonds. The van der Waals surface area contributed by atoms with E-state index in [0.29, 0.717) is 24.2 Å². The minimum atomic E-state index is -0.844. The molecular weight excluding hydrogens is 352 g/mol. The number of carbonyl (C=O) groups is 2. The Morgan fingerprint density at radius 2 is 2.04 bits per heavy atom. The molecule has 5 nitrogen and oxygen atoms in total. The first-order chi connectivity index (χ1) is 13.5. The van der Waals surface area contributed by atoms with Crippen LogP contribution in [-0.4, -0.2) is 17.0 Å². The second-order valence-corrected chi connectivity index (χ2v) is 6.93. The van der Waals surface area contributed by atoms with Crippen LogP contribution in [0, 0.1) is 12.5 Å². The number of benzene rings is 2. The number of fused-ring (bicyclic) bond motifs is 1. The molecule has 0 saturated heterocycles. The first-order valence-corrected chi connectivity index (χ1v) is 9.31. The molecule has 0 radical (unpaired) electrons. The van der Waals surface area contributed by atoms with Crippen LogP contribution in [0.3, 0.4) is 0 Å². The van der Waals surface area contributed by atoms with E-state index < -0.39 is 5.97 Å². The van der Waals surface area contributed by atoms with Crippen LogP contribution in [0.4, 0.5) is 11.4 Å². The van der Waals surface area contributed by atoms with Gasteiger partial charge in [0.15, 0.2) is 5.69 Å². The Hall–Kier alpha value is -3.39. The summed E-state index contributed by atoms with van der Waals surface area (Å²) in [7, 11) is 0. The number of amides is 1. The van der Waals surface area contributed by atoms with Crippen molar-refractivity contribution < 1.29 is 14.7 Å². The number of hydrogen-bond acceptors (Lipinski definition) is 2. The molecule has 0 heterocycles. The zero-order valence-corrected chi connectivity index (χ0v) is 15.7. The highest BCUT2D eigenvalue weighted by Gasteiger charge is 2.24. The molecule has 5 heteroatoms. The minimum Gasteiger partial charge on any atom is -0.481 e. The lowest BCUT2D eigenvalue weighted by molar-refractivity contribution is -0.137. The zero-order valence-electron chi connectivity index (χ0n) is 15.7. The van der Waals surface area contributed by atoms with E-state index in [0.717, 1.165) is 23.1 Å². The lowest BCUT2D eigenvalue weighted by Gasteiger charge is -2.17. The van der Waals surface area contributed by atoms with Gasteiger partial charge in [-0.2, -0.15) is 0 Å². The maximum absolute atomic E-state index is 12.9. The van der Waals surface area contributed by atoms with Crippen LogP contribution >= 0.6 is 0 Å². The van der Waals surface area contributed by atoms with Crippen molar-refractivity contribution in [3.63, 3.8) is 0 Å². The quantitative estimate of drug-likeness (QED) is 0.680. The highest BCUT2D eigenvalue weighted by atomic mass is 16.4. The fourth-order valence-corrected chi connectivity index (χ4v) is 3.50. The molecule has 2 aromatic carbocycles. The molecule has 0 aliphatic heterocycles. The standard InChI is InChI=1S/C23H22N2O3/c1-15(19-13-11-16-6-3-4-8-20(16)19)23(28)25-21-14-18(24-2)12-10-17(21)7-5-9-22(26)27/h3-4,6,8,10,12-15H,5,7,9,11H2,1H3,(H,25,28)(H,26,27). The Morgan fingerprint density at radius 1 is 1.25 bits per heavy atom. The number of aryl methyl sites for hydroxylation is 1. The number of nitrogens with one attached hydrogen (secondary N) is 1. The third-order valence-corrected chi connectivity index (χ3v) is 5.05. The lowest BCUT2D eigenvalue weighted by atomic mass is 9.94. The molecule has 1 atom stereocenters. The second kappa shape index (κ2) is 8.53. The van der Waals surface area contributed by atoms with E-state index in [1.165, 1.54) is 5.56 Å². The van der Waals surface area contributed by atoms with Gasteiger partial charge < -0.3 is 10.4 Å². The molecule has 142 valence electrons.